The highest BCUT2D eigenvalue weighted by molar-refractivity contribution is 14.0. The Bertz CT molecular complexity index is 572. The summed E-state index contributed by atoms with van der Waals surface area (Å²) >= 11 is 0. The number of nitrogens with one attached hydrogen (secondary N) is 1. The minimum atomic E-state index is -0.00891. The molecule has 0 bridgehead atoms. The molecule has 136 valence electrons. The number of oxazole rings is 1. The first-order valence-electron chi connectivity index (χ1n) is 8.90. The molecule has 0 amide bonds. The zero-order valence-corrected chi connectivity index (χ0v) is 17.7. The molecular formula is C18H31IN4O. The predicted octanol–water partition coefficient (Wildman–Crippen LogP) is 3.93. The Morgan fingerprint density at radius 3 is 2.62 bits per heavy atom. The van der Waals surface area contributed by atoms with Gasteiger partial charge in [-0.3, -0.25) is 0 Å². The van der Waals surface area contributed by atoms with Crippen molar-refractivity contribution < 1.29 is 4.42 Å². The summed E-state index contributed by atoms with van der Waals surface area (Å²) in [5, 5.41) is 3.42. The molecular weight excluding hydrogens is 415 g/mol. The smallest absolute Gasteiger partial charge is 0.216 e. The quantitative estimate of drug-likeness (QED) is 0.434. The van der Waals surface area contributed by atoms with Crippen molar-refractivity contribution in [2.24, 2.45) is 10.4 Å². The van der Waals surface area contributed by atoms with Crippen molar-refractivity contribution in [1.82, 2.24) is 15.2 Å². The van der Waals surface area contributed by atoms with Crippen molar-refractivity contribution >= 4 is 29.9 Å². The maximum absolute atomic E-state index is 5.85. The number of hydrogen-bond acceptors (Lipinski definition) is 3. The summed E-state index contributed by atoms with van der Waals surface area (Å²) in [7, 11) is 0. The van der Waals surface area contributed by atoms with Gasteiger partial charge in [0.15, 0.2) is 5.96 Å². The second kappa shape index (κ2) is 7.62. The van der Waals surface area contributed by atoms with Crippen molar-refractivity contribution in [3.63, 3.8) is 0 Å². The minimum absolute atomic E-state index is 0. The van der Waals surface area contributed by atoms with Crippen LogP contribution < -0.4 is 5.32 Å². The van der Waals surface area contributed by atoms with E-state index in [1.54, 1.807) is 0 Å². The van der Waals surface area contributed by atoms with Crippen LogP contribution >= 0.6 is 24.0 Å². The standard InChI is InChI=1S/C18H30N4O.HI/c1-5-19-16(22-10-9-18(13-22)7-6-8-18)21-12-15-20-11-14(23-15)17(2,3)4;/h11H,5-10,12-13H2,1-4H3,(H,19,21);1H. The van der Waals surface area contributed by atoms with E-state index in [-0.39, 0.29) is 29.4 Å². The van der Waals surface area contributed by atoms with E-state index < -0.39 is 0 Å². The van der Waals surface area contributed by atoms with Gasteiger partial charge in [-0.05, 0) is 31.6 Å². The maximum atomic E-state index is 5.85. The van der Waals surface area contributed by atoms with Gasteiger partial charge in [0.1, 0.15) is 12.3 Å². The Morgan fingerprint density at radius 2 is 2.12 bits per heavy atom. The van der Waals surface area contributed by atoms with Gasteiger partial charge in [-0.1, -0.05) is 27.2 Å². The highest BCUT2D eigenvalue weighted by Gasteiger charge is 2.43. The number of halogens is 1. The van der Waals surface area contributed by atoms with Crippen molar-refractivity contribution in [2.75, 3.05) is 19.6 Å². The molecule has 0 atom stereocenters. The number of aromatic nitrogens is 1. The van der Waals surface area contributed by atoms with Crippen molar-refractivity contribution in [3.8, 4) is 0 Å². The lowest BCUT2D eigenvalue weighted by Crippen LogP contribution is -2.42. The third kappa shape index (κ3) is 4.24. The Morgan fingerprint density at radius 1 is 1.38 bits per heavy atom. The van der Waals surface area contributed by atoms with E-state index in [1.165, 1.54) is 25.7 Å². The molecule has 1 spiro atoms. The number of aliphatic imine (C=N–C) groups is 1. The number of nitrogens with zero attached hydrogens (tertiary/aromatic N) is 3. The summed E-state index contributed by atoms with van der Waals surface area (Å²) < 4.78 is 5.85. The second-order valence-corrected chi connectivity index (χ2v) is 8.06. The Hall–Kier alpha value is -0.790. The SMILES string of the molecule is CCNC(=NCc1ncc(C(C)(C)C)o1)N1CCC2(CCC2)C1.I. The van der Waals surface area contributed by atoms with Crippen LogP contribution in [0.25, 0.3) is 0 Å². The molecule has 1 aliphatic heterocycles. The first-order valence-corrected chi connectivity index (χ1v) is 8.90. The second-order valence-electron chi connectivity index (χ2n) is 8.06. The lowest BCUT2D eigenvalue weighted by molar-refractivity contribution is 0.151. The van der Waals surface area contributed by atoms with Crippen molar-refractivity contribution in [1.29, 1.82) is 0 Å². The van der Waals surface area contributed by atoms with Gasteiger partial charge in [-0.2, -0.15) is 0 Å². The van der Waals surface area contributed by atoms with Crippen LogP contribution in [0, 0.1) is 5.41 Å². The molecule has 3 rings (SSSR count). The van der Waals surface area contributed by atoms with Crippen LogP contribution in [0.5, 0.6) is 0 Å². The summed E-state index contributed by atoms with van der Waals surface area (Å²) in [6.07, 6.45) is 7.31. The van der Waals surface area contributed by atoms with Crippen LogP contribution in [-0.2, 0) is 12.0 Å². The number of likely N-dealkylation sites (tertiary alicyclic amines) is 1. The number of rotatable bonds is 3. The van der Waals surface area contributed by atoms with E-state index in [4.69, 9.17) is 9.41 Å². The molecule has 2 heterocycles. The molecule has 2 fully saturated rings. The summed E-state index contributed by atoms with van der Waals surface area (Å²) in [5.41, 5.74) is 0.573. The lowest BCUT2D eigenvalue weighted by Gasteiger charge is -2.38. The summed E-state index contributed by atoms with van der Waals surface area (Å²) in [6, 6.07) is 0. The third-order valence-electron chi connectivity index (χ3n) is 5.14. The van der Waals surface area contributed by atoms with Crippen LogP contribution in [-0.4, -0.2) is 35.5 Å². The zero-order chi connectivity index (χ0) is 16.5. The molecule has 2 aliphatic rings. The fourth-order valence-corrected chi connectivity index (χ4v) is 3.50. The largest absolute Gasteiger partial charge is 0.443 e. The number of guanidine groups is 1. The summed E-state index contributed by atoms with van der Waals surface area (Å²) in [5.74, 6) is 2.62. The van der Waals surface area contributed by atoms with Crippen molar-refractivity contribution in [3.05, 3.63) is 17.8 Å². The van der Waals surface area contributed by atoms with E-state index in [0.29, 0.717) is 17.9 Å². The number of hydrogen-bond donors (Lipinski definition) is 1. The average molecular weight is 446 g/mol. The van der Waals surface area contributed by atoms with Gasteiger partial charge in [0.25, 0.3) is 0 Å². The molecule has 1 aromatic rings. The molecule has 1 N–H and O–H groups in total. The first-order chi connectivity index (χ1) is 10.9. The van der Waals surface area contributed by atoms with Crippen molar-refractivity contribution in [2.45, 2.75) is 65.3 Å². The van der Waals surface area contributed by atoms with Gasteiger partial charge in [-0.15, -0.1) is 24.0 Å². The van der Waals surface area contributed by atoms with Gasteiger partial charge in [0.2, 0.25) is 5.89 Å². The maximum Gasteiger partial charge on any atom is 0.216 e. The molecule has 1 aliphatic carbocycles. The van der Waals surface area contributed by atoms with E-state index in [1.807, 2.05) is 6.20 Å². The molecule has 1 saturated heterocycles. The highest BCUT2D eigenvalue weighted by atomic mass is 127. The molecule has 0 aromatic carbocycles. The monoisotopic (exact) mass is 446 g/mol. The molecule has 0 radical (unpaired) electrons. The van der Waals surface area contributed by atoms with E-state index in [9.17, 15) is 0 Å². The molecule has 0 unspecified atom stereocenters. The van der Waals surface area contributed by atoms with Gasteiger partial charge in [0.05, 0.1) is 6.20 Å². The Labute approximate surface area is 162 Å². The predicted molar refractivity (Wildman–Crippen MR) is 108 cm³/mol. The molecule has 1 saturated carbocycles. The Balaban J connectivity index is 0.00000208. The van der Waals surface area contributed by atoms with Crippen LogP contribution in [0.2, 0.25) is 0 Å². The van der Waals surface area contributed by atoms with Crippen LogP contribution in [0.1, 0.15) is 65.0 Å². The van der Waals surface area contributed by atoms with Crippen LogP contribution in [0.15, 0.2) is 15.6 Å². The molecule has 24 heavy (non-hydrogen) atoms. The van der Waals surface area contributed by atoms with E-state index >= 15 is 0 Å². The van der Waals surface area contributed by atoms with E-state index in [2.05, 4.69) is 42.9 Å². The van der Waals surface area contributed by atoms with Gasteiger partial charge in [0, 0.05) is 25.0 Å². The fourth-order valence-electron chi connectivity index (χ4n) is 3.50. The highest BCUT2D eigenvalue weighted by Crippen LogP contribution is 2.47. The van der Waals surface area contributed by atoms with Crippen LogP contribution in [0.3, 0.4) is 0 Å². The molecule has 5 nitrogen and oxygen atoms in total. The average Bonchev–Trinajstić information content (AvgIpc) is 3.09. The van der Waals surface area contributed by atoms with Gasteiger partial charge in [-0.25, -0.2) is 9.98 Å². The fraction of sp³-hybridized carbons (Fsp3) is 0.778. The Kier molecular flexibility index (Phi) is 6.20. The molecule has 6 heteroatoms. The molecule has 1 aromatic heterocycles. The summed E-state index contributed by atoms with van der Waals surface area (Å²) in [4.78, 5) is 11.6. The lowest BCUT2D eigenvalue weighted by atomic mass is 9.68. The zero-order valence-electron chi connectivity index (χ0n) is 15.4. The van der Waals surface area contributed by atoms with Gasteiger partial charge < -0.3 is 14.6 Å². The minimum Gasteiger partial charge on any atom is -0.443 e. The van der Waals surface area contributed by atoms with E-state index in [0.717, 1.165) is 31.4 Å². The van der Waals surface area contributed by atoms with Crippen LogP contribution in [0.4, 0.5) is 0 Å². The normalized spacial score (nSPS) is 20.0. The first kappa shape index (κ1) is 19.5. The topological polar surface area (TPSA) is 53.7 Å². The van der Waals surface area contributed by atoms with Gasteiger partial charge >= 0.3 is 0 Å². The summed E-state index contributed by atoms with van der Waals surface area (Å²) in [6.45, 7) is 12.2. The third-order valence-corrected chi connectivity index (χ3v) is 5.14.